The molecule has 86 valence electrons. The van der Waals surface area contributed by atoms with E-state index in [1.165, 1.54) is 6.07 Å². The highest BCUT2D eigenvalue weighted by molar-refractivity contribution is 5.88. The van der Waals surface area contributed by atoms with Gasteiger partial charge in [-0.3, -0.25) is 0 Å². The zero-order chi connectivity index (χ0) is 12.3. The minimum Gasteiger partial charge on any atom is -0.508 e. The first-order valence-corrected chi connectivity index (χ1v) is 5.12. The molecule has 0 spiro atoms. The van der Waals surface area contributed by atoms with Crippen molar-refractivity contribution in [2.24, 2.45) is 0 Å². The first-order valence-electron chi connectivity index (χ1n) is 5.12. The Morgan fingerprint density at radius 1 is 1.44 bits per heavy atom. The molecule has 0 bridgehead atoms. The Labute approximate surface area is 95.4 Å². The highest BCUT2D eigenvalue weighted by Gasteiger charge is 2.10. The van der Waals surface area contributed by atoms with Crippen molar-refractivity contribution in [1.29, 1.82) is 0 Å². The summed E-state index contributed by atoms with van der Waals surface area (Å²) in [7, 11) is 0. The van der Waals surface area contributed by atoms with Gasteiger partial charge in [0.2, 0.25) is 0 Å². The van der Waals surface area contributed by atoms with Crippen molar-refractivity contribution in [3.8, 4) is 11.5 Å². The summed E-state index contributed by atoms with van der Waals surface area (Å²) < 4.78 is 4.99. The Balaban J connectivity index is 2.89. The first kappa shape index (κ1) is 12.3. The number of ether oxygens (including phenoxy) is 1. The number of phenols is 1. The van der Waals surface area contributed by atoms with E-state index >= 15 is 0 Å². The second-order valence-electron chi connectivity index (χ2n) is 4.05. The molecule has 0 fully saturated rings. The lowest BCUT2D eigenvalue weighted by Crippen LogP contribution is -2.08. The van der Waals surface area contributed by atoms with E-state index in [9.17, 15) is 9.90 Å². The minimum absolute atomic E-state index is 0.141. The fraction of sp³-hybridized carbons (Fsp3) is 0.308. The summed E-state index contributed by atoms with van der Waals surface area (Å²) in [5, 5.41) is 9.70. The molecule has 1 rings (SSSR count). The Morgan fingerprint density at radius 2 is 2.06 bits per heavy atom. The lowest BCUT2D eigenvalue weighted by atomic mass is 10.0. The number of phenolic OH excluding ortho intramolecular Hbond substituents is 1. The summed E-state index contributed by atoms with van der Waals surface area (Å²) in [6.45, 7) is 9.02. The number of benzene rings is 1. The fourth-order valence-electron chi connectivity index (χ4n) is 1.27. The van der Waals surface area contributed by atoms with E-state index in [1.807, 2.05) is 13.8 Å². The van der Waals surface area contributed by atoms with Crippen LogP contribution in [0.5, 0.6) is 11.5 Å². The van der Waals surface area contributed by atoms with Gasteiger partial charge >= 0.3 is 5.97 Å². The van der Waals surface area contributed by atoms with Crippen LogP contribution in [0.1, 0.15) is 32.3 Å². The number of carbonyl (C=O) groups is 1. The summed E-state index contributed by atoms with van der Waals surface area (Å²) in [5.41, 5.74) is 1.16. The normalized spacial score (nSPS) is 10.2. The molecule has 1 aromatic carbocycles. The van der Waals surface area contributed by atoms with Gasteiger partial charge in [-0.2, -0.15) is 0 Å². The predicted octanol–water partition coefficient (Wildman–Crippen LogP) is 3.00. The zero-order valence-electron chi connectivity index (χ0n) is 9.78. The number of hydrogen-bond donors (Lipinski definition) is 1. The van der Waals surface area contributed by atoms with Crippen molar-refractivity contribution in [2.45, 2.75) is 26.7 Å². The molecule has 0 amide bonds. The van der Waals surface area contributed by atoms with Crippen LogP contribution in [0, 0.1) is 0 Å². The quantitative estimate of drug-likeness (QED) is 0.484. The molecule has 1 N–H and O–H groups in total. The van der Waals surface area contributed by atoms with Gasteiger partial charge < -0.3 is 9.84 Å². The van der Waals surface area contributed by atoms with Crippen LogP contribution in [0.15, 0.2) is 30.4 Å². The Morgan fingerprint density at radius 3 is 2.50 bits per heavy atom. The number of rotatable bonds is 3. The summed E-state index contributed by atoms with van der Waals surface area (Å²) in [6, 6.07) is 4.85. The summed E-state index contributed by atoms with van der Waals surface area (Å²) in [6.07, 6.45) is 0. The molecule has 3 heteroatoms. The molecule has 0 saturated heterocycles. The van der Waals surface area contributed by atoms with Gasteiger partial charge in [0, 0.05) is 11.6 Å². The second-order valence-corrected chi connectivity index (χ2v) is 4.05. The third-order valence-corrected chi connectivity index (χ3v) is 2.18. The van der Waals surface area contributed by atoms with Gasteiger partial charge in [0.05, 0.1) is 0 Å². The predicted molar refractivity (Wildman–Crippen MR) is 62.6 cm³/mol. The fourth-order valence-corrected chi connectivity index (χ4v) is 1.27. The molecule has 0 aliphatic carbocycles. The maximum absolute atomic E-state index is 11.2. The molecule has 0 aromatic heterocycles. The lowest BCUT2D eigenvalue weighted by molar-refractivity contribution is -0.130. The van der Waals surface area contributed by atoms with Crippen molar-refractivity contribution in [3.63, 3.8) is 0 Å². The molecule has 0 aliphatic rings. The number of carbonyl (C=O) groups excluding carboxylic acids is 1. The van der Waals surface area contributed by atoms with Gasteiger partial charge in [-0.15, -0.1) is 0 Å². The van der Waals surface area contributed by atoms with Gasteiger partial charge in [-0.05, 0) is 24.5 Å². The number of esters is 1. The Bertz CT molecular complexity index is 419. The van der Waals surface area contributed by atoms with Gasteiger partial charge in [0.1, 0.15) is 11.5 Å². The summed E-state index contributed by atoms with van der Waals surface area (Å²) in [4.78, 5) is 11.2. The Hall–Kier alpha value is -1.77. The molecule has 3 nitrogen and oxygen atoms in total. The zero-order valence-corrected chi connectivity index (χ0v) is 9.78. The highest BCUT2D eigenvalue weighted by Crippen LogP contribution is 2.29. The highest BCUT2D eigenvalue weighted by atomic mass is 16.5. The molecular formula is C13H16O3. The standard InChI is InChI=1S/C13H16O3/c1-8(2)11-6-5-10(7-12(11)14)16-13(15)9(3)4/h5-8,14H,3H2,1-2,4H3. The van der Waals surface area contributed by atoms with Crippen molar-refractivity contribution >= 4 is 5.97 Å². The molecule has 16 heavy (non-hydrogen) atoms. The van der Waals surface area contributed by atoms with Crippen LogP contribution in [-0.4, -0.2) is 11.1 Å². The van der Waals surface area contributed by atoms with E-state index in [0.717, 1.165) is 5.56 Å². The maximum atomic E-state index is 11.2. The largest absolute Gasteiger partial charge is 0.508 e. The molecule has 0 aliphatic heterocycles. The number of aromatic hydroxyl groups is 1. The molecular weight excluding hydrogens is 204 g/mol. The average Bonchev–Trinajstić information content (AvgIpc) is 2.16. The van der Waals surface area contributed by atoms with Crippen molar-refractivity contribution in [2.75, 3.05) is 0 Å². The SMILES string of the molecule is C=C(C)C(=O)Oc1ccc(C(C)C)c(O)c1. The second kappa shape index (κ2) is 4.84. The molecule has 0 saturated carbocycles. The van der Waals surface area contributed by atoms with Crippen molar-refractivity contribution < 1.29 is 14.6 Å². The third-order valence-electron chi connectivity index (χ3n) is 2.18. The smallest absolute Gasteiger partial charge is 0.338 e. The van der Waals surface area contributed by atoms with Gasteiger partial charge in [0.15, 0.2) is 0 Å². The first-order chi connectivity index (χ1) is 7.41. The van der Waals surface area contributed by atoms with Crippen LogP contribution in [0.2, 0.25) is 0 Å². The maximum Gasteiger partial charge on any atom is 0.338 e. The van der Waals surface area contributed by atoms with Crippen LogP contribution >= 0.6 is 0 Å². The van der Waals surface area contributed by atoms with E-state index < -0.39 is 5.97 Å². The van der Waals surface area contributed by atoms with Crippen LogP contribution < -0.4 is 4.74 Å². The van der Waals surface area contributed by atoms with Gasteiger partial charge in [0.25, 0.3) is 0 Å². The molecule has 0 radical (unpaired) electrons. The summed E-state index contributed by atoms with van der Waals surface area (Å²) in [5.74, 6) is 0.208. The lowest BCUT2D eigenvalue weighted by Gasteiger charge is -2.10. The van der Waals surface area contributed by atoms with E-state index in [0.29, 0.717) is 11.3 Å². The van der Waals surface area contributed by atoms with Crippen molar-refractivity contribution in [1.82, 2.24) is 0 Å². The van der Waals surface area contributed by atoms with E-state index in [2.05, 4.69) is 6.58 Å². The minimum atomic E-state index is -0.489. The summed E-state index contributed by atoms with van der Waals surface area (Å²) >= 11 is 0. The monoisotopic (exact) mass is 220 g/mol. The van der Waals surface area contributed by atoms with Crippen LogP contribution in [-0.2, 0) is 4.79 Å². The van der Waals surface area contributed by atoms with Crippen molar-refractivity contribution in [3.05, 3.63) is 35.9 Å². The number of hydrogen-bond acceptors (Lipinski definition) is 3. The van der Waals surface area contributed by atoms with Crippen LogP contribution in [0.25, 0.3) is 0 Å². The third kappa shape index (κ3) is 2.86. The van der Waals surface area contributed by atoms with Gasteiger partial charge in [-0.25, -0.2) is 4.79 Å². The van der Waals surface area contributed by atoms with E-state index in [4.69, 9.17) is 4.74 Å². The Kier molecular flexibility index (Phi) is 3.72. The average molecular weight is 220 g/mol. The van der Waals surface area contributed by atoms with Gasteiger partial charge in [-0.1, -0.05) is 26.5 Å². The molecule has 0 atom stereocenters. The molecule has 0 heterocycles. The van der Waals surface area contributed by atoms with E-state index in [-0.39, 0.29) is 11.7 Å². The topological polar surface area (TPSA) is 46.5 Å². The van der Waals surface area contributed by atoms with Crippen LogP contribution in [0.3, 0.4) is 0 Å². The van der Waals surface area contributed by atoms with Crippen LogP contribution in [0.4, 0.5) is 0 Å². The molecule has 1 aromatic rings. The molecule has 0 unspecified atom stereocenters. The van der Waals surface area contributed by atoms with E-state index in [1.54, 1.807) is 19.1 Å².